The number of aliphatic carboxylic acids is 1. The topological polar surface area (TPSA) is 46.5 Å². The first kappa shape index (κ1) is 14.3. The summed E-state index contributed by atoms with van der Waals surface area (Å²) in [5.74, 6) is -2.41. The van der Waals surface area contributed by atoms with Crippen LogP contribution in [0.25, 0.3) is 0 Å². The van der Waals surface area contributed by atoms with Crippen molar-refractivity contribution in [3.63, 3.8) is 0 Å². The Kier molecular flexibility index (Phi) is 4.58. The van der Waals surface area contributed by atoms with Gasteiger partial charge in [0.05, 0.1) is 0 Å². The normalized spacial score (nSPS) is 11.9. The quantitative estimate of drug-likeness (QED) is 0.914. The fourth-order valence-electron chi connectivity index (χ4n) is 1.74. The van der Waals surface area contributed by atoms with Gasteiger partial charge in [0.25, 0.3) is 0 Å². The number of hydrogen-bond acceptors (Lipinski definition) is 2. The minimum absolute atomic E-state index is 0.0349. The lowest BCUT2D eigenvalue weighted by atomic mass is 10.0. The van der Waals surface area contributed by atoms with Crippen molar-refractivity contribution in [2.75, 3.05) is 6.61 Å². The Morgan fingerprint density at radius 1 is 1.20 bits per heavy atom. The molecular weight excluding hydrogens is 283 g/mol. The Hall–Kier alpha value is -2.07. The first-order valence-electron chi connectivity index (χ1n) is 5.93. The van der Waals surface area contributed by atoms with Crippen LogP contribution in [0.15, 0.2) is 48.5 Å². The summed E-state index contributed by atoms with van der Waals surface area (Å²) in [6.45, 7) is -0.155. The lowest BCUT2D eigenvalue weighted by molar-refractivity contribution is -0.139. The number of carboxylic acids is 1. The van der Waals surface area contributed by atoms with Gasteiger partial charge in [-0.2, -0.15) is 0 Å². The van der Waals surface area contributed by atoms with Gasteiger partial charge in [0.15, 0.2) is 11.6 Å². The van der Waals surface area contributed by atoms with Crippen LogP contribution in [0.5, 0.6) is 5.75 Å². The molecule has 0 saturated heterocycles. The molecule has 2 aromatic carbocycles. The molecule has 0 aliphatic rings. The lowest BCUT2D eigenvalue weighted by Gasteiger charge is -2.14. The van der Waals surface area contributed by atoms with E-state index in [9.17, 15) is 14.3 Å². The van der Waals surface area contributed by atoms with Gasteiger partial charge >= 0.3 is 5.97 Å². The zero-order valence-electron chi connectivity index (χ0n) is 10.4. The second-order valence-electron chi connectivity index (χ2n) is 4.18. The molecule has 0 fully saturated rings. The van der Waals surface area contributed by atoms with E-state index >= 15 is 0 Å². The third-order valence-electron chi connectivity index (χ3n) is 2.81. The van der Waals surface area contributed by atoms with Gasteiger partial charge in [-0.1, -0.05) is 35.9 Å². The zero-order valence-corrected chi connectivity index (χ0v) is 11.2. The molecule has 0 bridgehead atoms. The SMILES string of the molecule is O=C(O)C(COc1ccccc1F)c1ccc(Cl)cc1. The van der Waals surface area contributed by atoms with Crippen molar-refractivity contribution < 1.29 is 19.0 Å². The highest BCUT2D eigenvalue weighted by molar-refractivity contribution is 6.30. The van der Waals surface area contributed by atoms with Crippen LogP contribution < -0.4 is 4.74 Å². The van der Waals surface area contributed by atoms with E-state index in [0.29, 0.717) is 10.6 Å². The molecule has 5 heteroatoms. The summed E-state index contributed by atoms with van der Waals surface area (Å²) < 4.78 is 18.7. The van der Waals surface area contributed by atoms with E-state index in [-0.39, 0.29) is 12.4 Å². The van der Waals surface area contributed by atoms with Crippen molar-refractivity contribution in [3.05, 3.63) is 64.9 Å². The van der Waals surface area contributed by atoms with E-state index in [1.54, 1.807) is 30.3 Å². The maximum atomic E-state index is 13.4. The fraction of sp³-hybridized carbons (Fsp3) is 0.133. The van der Waals surface area contributed by atoms with Crippen LogP contribution >= 0.6 is 11.6 Å². The summed E-state index contributed by atoms with van der Waals surface area (Å²) >= 11 is 5.76. The average Bonchev–Trinajstić information content (AvgIpc) is 2.42. The standard InChI is InChI=1S/C15H12ClFO3/c16-11-7-5-10(6-8-11)12(15(18)19)9-20-14-4-2-1-3-13(14)17/h1-8,12H,9H2,(H,18,19). The highest BCUT2D eigenvalue weighted by Crippen LogP contribution is 2.22. The van der Waals surface area contributed by atoms with E-state index < -0.39 is 17.7 Å². The van der Waals surface area contributed by atoms with E-state index in [1.807, 2.05) is 0 Å². The van der Waals surface area contributed by atoms with Gasteiger partial charge in [-0.15, -0.1) is 0 Å². The number of ether oxygens (including phenoxy) is 1. The number of rotatable bonds is 5. The molecule has 0 aliphatic heterocycles. The molecule has 1 N–H and O–H groups in total. The van der Waals surface area contributed by atoms with Crippen molar-refractivity contribution in [3.8, 4) is 5.75 Å². The van der Waals surface area contributed by atoms with Crippen LogP contribution in [0.4, 0.5) is 4.39 Å². The van der Waals surface area contributed by atoms with Gasteiger partial charge in [0.2, 0.25) is 0 Å². The minimum atomic E-state index is -1.04. The smallest absolute Gasteiger partial charge is 0.314 e. The van der Waals surface area contributed by atoms with Crippen molar-refractivity contribution in [2.45, 2.75) is 5.92 Å². The second kappa shape index (κ2) is 6.39. The summed E-state index contributed by atoms with van der Waals surface area (Å²) in [6, 6.07) is 12.3. The second-order valence-corrected chi connectivity index (χ2v) is 4.62. The van der Waals surface area contributed by atoms with Crippen LogP contribution in [-0.2, 0) is 4.79 Å². The Morgan fingerprint density at radius 2 is 1.85 bits per heavy atom. The molecule has 2 rings (SSSR count). The molecule has 0 radical (unpaired) electrons. The van der Waals surface area contributed by atoms with E-state index in [1.165, 1.54) is 18.2 Å². The number of hydrogen-bond donors (Lipinski definition) is 1. The van der Waals surface area contributed by atoms with Crippen molar-refractivity contribution in [2.24, 2.45) is 0 Å². The monoisotopic (exact) mass is 294 g/mol. The molecule has 1 unspecified atom stereocenters. The van der Waals surface area contributed by atoms with E-state index in [0.717, 1.165) is 0 Å². The summed E-state index contributed by atoms with van der Waals surface area (Å²) in [4.78, 5) is 11.3. The molecular formula is C15H12ClFO3. The number of benzene rings is 2. The van der Waals surface area contributed by atoms with Crippen LogP contribution in [0.2, 0.25) is 5.02 Å². The van der Waals surface area contributed by atoms with Gasteiger partial charge in [-0.05, 0) is 29.8 Å². The summed E-state index contributed by atoms with van der Waals surface area (Å²) in [5, 5.41) is 9.76. The first-order chi connectivity index (χ1) is 9.58. The van der Waals surface area contributed by atoms with Crippen LogP contribution in [0.3, 0.4) is 0 Å². The maximum Gasteiger partial charge on any atom is 0.314 e. The predicted octanol–water partition coefficient (Wildman–Crippen LogP) is 3.73. The lowest BCUT2D eigenvalue weighted by Crippen LogP contribution is -2.19. The van der Waals surface area contributed by atoms with Crippen LogP contribution in [0, 0.1) is 5.82 Å². The third-order valence-corrected chi connectivity index (χ3v) is 3.06. The molecule has 20 heavy (non-hydrogen) atoms. The molecule has 0 heterocycles. The zero-order chi connectivity index (χ0) is 14.5. The van der Waals surface area contributed by atoms with Gasteiger partial charge in [-0.3, -0.25) is 4.79 Å². The van der Waals surface area contributed by atoms with Gasteiger partial charge in [0, 0.05) is 5.02 Å². The summed E-state index contributed by atoms with van der Waals surface area (Å²) in [6.07, 6.45) is 0. The van der Waals surface area contributed by atoms with Crippen molar-refractivity contribution in [1.29, 1.82) is 0 Å². The van der Waals surface area contributed by atoms with Crippen LogP contribution in [0.1, 0.15) is 11.5 Å². The minimum Gasteiger partial charge on any atom is -0.489 e. The molecule has 0 aromatic heterocycles. The van der Waals surface area contributed by atoms with E-state index in [2.05, 4.69) is 0 Å². The van der Waals surface area contributed by atoms with Crippen LogP contribution in [-0.4, -0.2) is 17.7 Å². The highest BCUT2D eigenvalue weighted by atomic mass is 35.5. The highest BCUT2D eigenvalue weighted by Gasteiger charge is 2.21. The summed E-state index contributed by atoms with van der Waals surface area (Å²) in [5.41, 5.74) is 0.554. The van der Waals surface area contributed by atoms with Crippen molar-refractivity contribution >= 4 is 17.6 Å². The fourth-order valence-corrected chi connectivity index (χ4v) is 1.87. The maximum absolute atomic E-state index is 13.4. The molecule has 3 nitrogen and oxygen atoms in total. The number of carbonyl (C=O) groups is 1. The predicted molar refractivity (Wildman–Crippen MR) is 73.7 cm³/mol. The Balaban J connectivity index is 2.13. The van der Waals surface area contributed by atoms with Gasteiger partial charge < -0.3 is 9.84 Å². The number of halogens is 2. The molecule has 0 aliphatic carbocycles. The Labute approximate surface area is 120 Å². The van der Waals surface area contributed by atoms with Gasteiger partial charge in [0.1, 0.15) is 12.5 Å². The first-order valence-corrected chi connectivity index (χ1v) is 6.31. The summed E-state index contributed by atoms with van der Waals surface area (Å²) in [7, 11) is 0. The van der Waals surface area contributed by atoms with Gasteiger partial charge in [-0.25, -0.2) is 4.39 Å². The molecule has 104 valence electrons. The molecule has 0 spiro atoms. The molecule has 1 atom stereocenters. The van der Waals surface area contributed by atoms with Crippen molar-refractivity contribution in [1.82, 2.24) is 0 Å². The molecule has 0 saturated carbocycles. The van der Waals surface area contributed by atoms with E-state index in [4.69, 9.17) is 16.3 Å². The largest absolute Gasteiger partial charge is 0.489 e. The number of para-hydroxylation sites is 1. The Bertz CT molecular complexity index is 598. The molecule has 2 aromatic rings. The number of carboxylic acid groups (broad SMARTS) is 1. The average molecular weight is 295 g/mol. The Morgan fingerprint density at radius 3 is 2.45 bits per heavy atom. The third kappa shape index (κ3) is 3.48. The molecule has 0 amide bonds.